The van der Waals surface area contributed by atoms with Crippen LogP contribution in [0.5, 0.6) is 5.75 Å². The van der Waals surface area contributed by atoms with Gasteiger partial charge in [0.2, 0.25) is 0 Å². The summed E-state index contributed by atoms with van der Waals surface area (Å²) in [6.45, 7) is 10.9. The largest absolute Gasteiger partial charge is 0.496 e. The van der Waals surface area contributed by atoms with Crippen LogP contribution >= 0.6 is 0 Å². The first kappa shape index (κ1) is 17.0. The van der Waals surface area contributed by atoms with Crippen molar-refractivity contribution in [2.24, 2.45) is 0 Å². The van der Waals surface area contributed by atoms with E-state index in [9.17, 15) is 4.79 Å². The fraction of sp³-hybridized carbons (Fsp3) is 0.611. The van der Waals surface area contributed by atoms with Crippen LogP contribution in [0.4, 0.5) is 0 Å². The SMILES string of the molecule is COc1ccc(C(C)(C)C)cc1C(=O)CN1CCN(C)CC1. The lowest BCUT2D eigenvalue weighted by atomic mass is 9.85. The van der Waals surface area contributed by atoms with E-state index in [0.717, 1.165) is 31.7 Å². The minimum absolute atomic E-state index is 0.0230. The quantitative estimate of drug-likeness (QED) is 0.800. The number of carbonyl (C=O) groups excluding carboxylic acids is 1. The van der Waals surface area contributed by atoms with Crippen LogP contribution < -0.4 is 4.74 Å². The van der Waals surface area contributed by atoms with Crippen molar-refractivity contribution in [1.29, 1.82) is 0 Å². The average Bonchev–Trinajstić information content (AvgIpc) is 2.48. The molecule has 0 bridgehead atoms. The highest BCUT2D eigenvalue weighted by Gasteiger charge is 2.22. The first-order valence-corrected chi connectivity index (χ1v) is 7.94. The number of rotatable bonds is 4. The minimum atomic E-state index is 0.0230. The minimum Gasteiger partial charge on any atom is -0.496 e. The lowest BCUT2D eigenvalue weighted by molar-refractivity contribution is 0.0873. The number of carbonyl (C=O) groups is 1. The number of ketones is 1. The van der Waals surface area contributed by atoms with Gasteiger partial charge in [0.25, 0.3) is 0 Å². The van der Waals surface area contributed by atoms with Crippen molar-refractivity contribution in [3.05, 3.63) is 29.3 Å². The average molecular weight is 304 g/mol. The molecule has 1 aromatic rings. The van der Waals surface area contributed by atoms with Crippen molar-refractivity contribution < 1.29 is 9.53 Å². The normalized spacial score (nSPS) is 17.5. The number of benzene rings is 1. The third-order valence-corrected chi connectivity index (χ3v) is 4.33. The highest BCUT2D eigenvalue weighted by Crippen LogP contribution is 2.28. The zero-order valence-corrected chi connectivity index (χ0v) is 14.5. The Morgan fingerprint density at radius 1 is 1.18 bits per heavy atom. The molecule has 0 amide bonds. The molecular formula is C18H28N2O2. The van der Waals surface area contributed by atoms with Gasteiger partial charge < -0.3 is 9.64 Å². The molecule has 4 nitrogen and oxygen atoms in total. The summed E-state index contributed by atoms with van der Waals surface area (Å²) in [5, 5.41) is 0. The molecule has 1 aromatic carbocycles. The molecule has 22 heavy (non-hydrogen) atoms. The smallest absolute Gasteiger partial charge is 0.180 e. The predicted octanol–water partition coefficient (Wildman–Crippen LogP) is 2.42. The molecule has 0 saturated carbocycles. The Hall–Kier alpha value is -1.39. The van der Waals surface area contributed by atoms with Crippen LogP contribution in [0.15, 0.2) is 18.2 Å². The van der Waals surface area contributed by atoms with Crippen LogP contribution in [0.2, 0.25) is 0 Å². The summed E-state index contributed by atoms with van der Waals surface area (Å²) in [7, 11) is 3.74. The highest BCUT2D eigenvalue weighted by atomic mass is 16.5. The van der Waals surface area contributed by atoms with Gasteiger partial charge in [0, 0.05) is 26.2 Å². The van der Waals surface area contributed by atoms with Gasteiger partial charge >= 0.3 is 0 Å². The van der Waals surface area contributed by atoms with Crippen molar-refractivity contribution in [2.45, 2.75) is 26.2 Å². The second kappa shape index (κ2) is 6.80. The van der Waals surface area contributed by atoms with Crippen molar-refractivity contribution >= 4 is 5.78 Å². The van der Waals surface area contributed by atoms with E-state index in [0.29, 0.717) is 17.9 Å². The van der Waals surface area contributed by atoms with Gasteiger partial charge in [0.05, 0.1) is 19.2 Å². The van der Waals surface area contributed by atoms with E-state index in [1.54, 1.807) is 7.11 Å². The number of hydrogen-bond donors (Lipinski definition) is 0. The summed E-state index contributed by atoms with van der Waals surface area (Å²) in [5.41, 5.74) is 1.89. The Balaban J connectivity index is 2.17. The Labute approximate surface area is 134 Å². The molecule has 0 radical (unpaired) electrons. The molecule has 0 aromatic heterocycles. The maximum atomic E-state index is 12.7. The van der Waals surface area contributed by atoms with Crippen LogP contribution in [0.3, 0.4) is 0 Å². The molecule has 122 valence electrons. The van der Waals surface area contributed by atoms with Gasteiger partial charge in [-0.3, -0.25) is 9.69 Å². The van der Waals surface area contributed by atoms with E-state index in [1.807, 2.05) is 18.2 Å². The number of methoxy groups -OCH3 is 1. The van der Waals surface area contributed by atoms with Crippen LogP contribution in [-0.4, -0.2) is 62.5 Å². The lowest BCUT2D eigenvalue weighted by Gasteiger charge is -2.32. The van der Waals surface area contributed by atoms with E-state index in [2.05, 4.69) is 37.6 Å². The standard InChI is InChI=1S/C18H28N2O2/c1-18(2,3)14-6-7-17(22-5)15(12-14)16(21)13-20-10-8-19(4)9-11-20/h6-7,12H,8-11,13H2,1-5H3. The Morgan fingerprint density at radius 3 is 2.36 bits per heavy atom. The third-order valence-electron chi connectivity index (χ3n) is 4.33. The van der Waals surface area contributed by atoms with Crippen molar-refractivity contribution in [3.63, 3.8) is 0 Å². The van der Waals surface area contributed by atoms with Gasteiger partial charge in [-0.2, -0.15) is 0 Å². The summed E-state index contributed by atoms with van der Waals surface area (Å²) < 4.78 is 5.39. The third kappa shape index (κ3) is 4.08. The molecule has 4 heteroatoms. The summed E-state index contributed by atoms with van der Waals surface area (Å²) in [6, 6.07) is 5.96. The molecule has 0 spiro atoms. The number of likely N-dealkylation sites (N-methyl/N-ethyl adjacent to an activating group) is 1. The molecule has 1 aliphatic rings. The fourth-order valence-corrected chi connectivity index (χ4v) is 2.69. The Morgan fingerprint density at radius 2 is 1.82 bits per heavy atom. The first-order chi connectivity index (χ1) is 10.3. The van der Waals surface area contributed by atoms with Crippen LogP contribution in [0.1, 0.15) is 36.7 Å². The monoisotopic (exact) mass is 304 g/mol. The number of Topliss-reactive ketones (excluding diaryl/α,β-unsaturated/α-hetero) is 1. The van der Waals surface area contributed by atoms with Crippen LogP contribution in [0, 0.1) is 0 Å². The molecule has 1 saturated heterocycles. The summed E-state index contributed by atoms with van der Waals surface area (Å²) in [4.78, 5) is 17.2. The molecule has 2 rings (SSSR count). The lowest BCUT2D eigenvalue weighted by Crippen LogP contribution is -2.46. The number of piperazine rings is 1. The topological polar surface area (TPSA) is 32.8 Å². The Bertz CT molecular complexity index is 526. The van der Waals surface area contributed by atoms with Crippen molar-refractivity contribution in [1.82, 2.24) is 9.80 Å². The van der Waals surface area contributed by atoms with Crippen molar-refractivity contribution in [3.8, 4) is 5.75 Å². The zero-order chi connectivity index (χ0) is 16.3. The molecule has 1 aliphatic heterocycles. The molecule has 0 aliphatic carbocycles. The molecule has 0 unspecified atom stereocenters. The van der Waals surface area contributed by atoms with Crippen molar-refractivity contribution in [2.75, 3.05) is 46.9 Å². The van der Waals surface area contributed by atoms with Crippen LogP contribution in [-0.2, 0) is 5.41 Å². The van der Waals surface area contributed by atoms with Crippen LogP contribution in [0.25, 0.3) is 0 Å². The van der Waals surface area contributed by atoms with E-state index in [1.165, 1.54) is 0 Å². The maximum absolute atomic E-state index is 12.7. The predicted molar refractivity (Wildman–Crippen MR) is 90.0 cm³/mol. The van der Waals surface area contributed by atoms with Gasteiger partial charge in [-0.15, -0.1) is 0 Å². The number of hydrogen-bond acceptors (Lipinski definition) is 4. The summed E-state index contributed by atoms with van der Waals surface area (Å²) >= 11 is 0. The maximum Gasteiger partial charge on any atom is 0.180 e. The van der Waals surface area contributed by atoms with Gasteiger partial charge in [0.1, 0.15) is 5.75 Å². The first-order valence-electron chi connectivity index (χ1n) is 7.94. The number of ether oxygens (including phenoxy) is 1. The second-order valence-corrected chi connectivity index (χ2v) is 7.17. The fourth-order valence-electron chi connectivity index (χ4n) is 2.69. The highest BCUT2D eigenvalue weighted by molar-refractivity contribution is 6.00. The van der Waals surface area contributed by atoms with E-state index in [4.69, 9.17) is 4.74 Å². The summed E-state index contributed by atoms with van der Waals surface area (Å²) in [6.07, 6.45) is 0. The molecule has 1 heterocycles. The Kier molecular flexibility index (Phi) is 5.24. The molecule has 0 atom stereocenters. The molecular weight excluding hydrogens is 276 g/mol. The second-order valence-electron chi connectivity index (χ2n) is 7.17. The van der Waals surface area contributed by atoms with E-state index in [-0.39, 0.29) is 11.2 Å². The van der Waals surface area contributed by atoms with Gasteiger partial charge in [-0.1, -0.05) is 26.8 Å². The molecule has 1 fully saturated rings. The number of nitrogens with zero attached hydrogens (tertiary/aromatic N) is 2. The van der Waals surface area contributed by atoms with Gasteiger partial charge in [0.15, 0.2) is 5.78 Å². The van der Waals surface area contributed by atoms with E-state index < -0.39 is 0 Å². The summed E-state index contributed by atoms with van der Waals surface area (Å²) in [5.74, 6) is 0.819. The van der Waals surface area contributed by atoms with Gasteiger partial charge in [-0.25, -0.2) is 0 Å². The molecule has 0 N–H and O–H groups in total. The zero-order valence-electron chi connectivity index (χ0n) is 14.5. The van der Waals surface area contributed by atoms with E-state index >= 15 is 0 Å². The van der Waals surface area contributed by atoms with Gasteiger partial charge in [-0.05, 0) is 30.2 Å².